The average molecular weight is 251 g/mol. The Balaban J connectivity index is 2.60. The Kier molecular flexibility index (Phi) is 3.17. The van der Waals surface area contributed by atoms with E-state index in [2.05, 4.69) is 0 Å². The fourth-order valence-corrected chi connectivity index (χ4v) is 2.28. The molecule has 2 rings (SSSR count). The van der Waals surface area contributed by atoms with Crippen LogP contribution in [-0.4, -0.2) is 25.3 Å². The molecule has 0 unspecified atom stereocenters. The maximum absolute atomic E-state index is 11.1. The van der Waals surface area contributed by atoms with Gasteiger partial charge in [0.05, 0.1) is 19.8 Å². The summed E-state index contributed by atoms with van der Waals surface area (Å²) in [5, 5.41) is 9.11. The molecule has 5 nitrogen and oxygen atoms in total. The minimum absolute atomic E-state index is 0.166. The number of hydrogen-bond acceptors (Lipinski definition) is 4. The van der Waals surface area contributed by atoms with E-state index in [4.69, 9.17) is 20.3 Å². The SMILES string of the molecule is COc1cc(C(=O)O)cc(C2(N)CCC2)c1OC. The van der Waals surface area contributed by atoms with Gasteiger partial charge in [0, 0.05) is 11.1 Å². The van der Waals surface area contributed by atoms with E-state index in [1.807, 2.05) is 0 Å². The lowest BCUT2D eigenvalue weighted by Gasteiger charge is -2.39. The molecule has 3 N–H and O–H groups in total. The molecule has 1 aromatic rings. The van der Waals surface area contributed by atoms with E-state index in [1.54, 1.807) is 6.07 Å². The summed E-state index contributed by atoms with van der Waals surface area (Å²) in [6.07, 6.45) is 2.70. The van der Waals surface area contributed by atoms with E-state index >= 15 is 0 Å². The summed E-state index contributed by atoms with van der Waals surface area (Å²) in [7, 11) is 3.01. The Morgan fingerprint density at radius 2 is 2.00 bits per heavy atom. The molecule has 0 bridgehead atoms. The van der Waals surface area contributed by atoms with Crippen LogP contribution in [0.1, 0.15) is 35.2 Å². The third-order valence-corrected chi connectivity index (χ3v) is 3.51. The number of nitrogens with two attached hydrogens (primary N) is 1. The van der Waals surface area contributed by atoms with E-state index in [-0.39, 0.29) is 5.56 Å². The standard InChI is InChI=1S/C13H17NO4/c1-17-10-7-8(12(15)16)6-9(11(10)18-2)13(14)4-3-5-13/h6-7H,3-5,14H2,1-2H3,(H,15,16). The van der Waals surface area contributed by atoms with Crippen molar-refractivity contribution in [1.29, 1.82) is 0 Å². The molecule has 0 amide bonds. The van der Waals surface area contributed by atoms with Crippen LogP contribution >= 0.6 is 0 Å². The zero-order chi connectivity index (χ0) is 13.3. The molecule has 1 aromatic carbocycles. The summed E-state index contributed by atoms with van der Waals surface area (Å²) in [6.45, 7) is 0. The van der Waals surface area contributed by atoms with Crippen LogP contribution in [0.15, 0.2) is 12.1 Å². The molecule has 1 aliphatic carbocycles. The van der Waals surface area contributed by atoms with E-state index < -0.39 is 11.5 Å². The Morgan fingerprint density at radius 3 is 2.39 bits per heavy atom. The van der Waals surface area contributed by atoms with Crippen LogP contribution in [-0.2, 0) is 5.54 Å². The summed E-state index contributed by atoms with van der Waals surface area (Å²) in [6, 6.07) is 3.04. The van der Waals surface area contributed by atoms with Crippen molar-refractivity contribution in [1.82, 2.24) is 0 Å². The summed E-state index contributed by atoms with van der Waals surface area (Å²) < 4.78 is 10.5. The van der Waals surface area contributed by atoms with Crippen LogP contribution in [0.5, 0.6) is 11.5 Å². The number of hydrogen-bond donors (Lipinski definition) is 2. The minimum atomic E-state index is -1.000. The summed E-state index contributed by atoms with van der Waals surface area (Å²) >= 11 is 0. The van der Waals surface area contributed by atoms with Crippen molar-refractivity contribution in [3.05, 3.63) is 23.3 Å². The zero-order valence-corrected chi connectivity index (χ0v) is 10.5. The lowest BCUT2D eigenvalue weighted by atomic mass is 9.72. The van der Waals surface area contributed by atoms with Gasteiger partial charge in [0.25, 0.3) is 0 Å². The number of methoxy groups -OCH3 is 2. The molecule has 0 spiro atoms. The second-order valence-electron chi connectivity index (χ2n) is 4.57. The number of carboxylic acids is 1. The van der Waals surface area contributed by atoms with Crippen molar-refractivity contribution in [2.45, 2.75) is 24.8 Å². The lowest BCUT2D eigenvalue weighted by molar-refractivity contribution is 0.0696. The number of ether oxygens (including phenoxy) is 2. The first kappa shape index (κ1) is 12.7. The molecule has 1 aliphatic rings. The van der Waals surface area contributed by atoms with Gasteiger partial charge in [0.1, 0.15) is 0 Å². The van der Waals surface area contributed by atoms with Crippen molar-refractivity contribution in [3.63, 3.8) is 0 Å². The van der Waals surface area contributed by atoms with Crippen molar-refractivity contribution in [2.24, 2.45) is 5.73 Å². The van der Waals surface area contributed by atoms with Gasteiger partial charge in [-0.3, -0.25) is 0 Å². The van der Waals surface area contributed by atoms with Crippen LogP contribution in [0.3, 0.4) is 0 Å². The topological polar surface area (TPSA) is 81.8 Å². The highest BCUT2D eigenvalue weighted by molar-refractivity contribution is 5.89. The highest BCUT2D eigenvalue weighted by atomic mass is 16.5. The highest BCUT2D eigenvalue weighted by Crippen LogP contribution is 2.46. The minimum Gasteiger partial charge on any atom is -0.493 e. The molecule has 0 heterocycles. The number of benzene rings is 1. The Morgan fingerprint density at radius 1 is 1.33 bits per heavy atom. The van der Waals surface area contributed by atoms with Gasteiger partial charge in [-0.05, 0) is 31.4 Å². The van der Waals surface area contributed by atoms with Gasteiger partial charge < -0.3 is 20.3 Å². The maximum Gasteiger partial charge on any atom is 0.335 e. The first-order valence-corrected chi connectivity index (χ1v) is 5.80. The Hall–Kier alpha value is -1.75. The van der Waals surface area contributed by atoms with Gasteiger partial charge in [-0.1, -0.05) is 0 Å². The summed E-state index contributed by atoms with van der Waals surface area (Å²) in [5.41, 5.74) is 6.65. The van der Waals surface area contributed by atoms with Crippen LogP contribution in [0, 0.1) is 0 Å². The number of rotatable bonds is 4. The quantitative estimate of drug-likeness (QED) is 0.851. The van der Waals surface area contributed by atoms with Crippen LogP contribution < -0.4 is 15.2 Å². The molecular weight excluding hydrogens is 234 g/mol. The van der Waals surface area contributed by atoms with Gasteiger partial charge in [-0.15, -0.1) is 0 Å². The van der Waals surface area contributed by atoms with Gasteiger partial charge in [-0.2, -0.15) is 0 Å². The second kappa shape index (κ2) is 4.49. The predicted octanol–water partition coefficient (Wildman–Crippen LogP) is 1.74. The Bertz CT molecular complexity index is 480. The van der Waals surface area contributed by atoms with E-state index in [0.717, 1.165) is 19.3 Å². The van der Waals surface area contributed by atoms with Crippen molar-refractivity contribution in [3.8, 4) is 11.5 Å². The third kappa shape index (κ3) is 1.90. The molecule has 5 heteroatoms. The summed E-state index contributed by atoms with van der Waals surface area (Å²) in [5.74, 6) is -0.0612. The van der Waals surface area contributed by atoms with Gasteiger partial charge in [0.2, 0.25) is 0 Å². The monoisotopic (exact) mass is 251 g/mol. The third-order valence-electron chi connectivity index (χ3n) is 3.51. The Labute approximate surface area is 106 Å². The molecule has 98 valence electrons. The van der Waals surface area contributed by atoms with Crippen LogP contribution in [0.2, 0.25) is 0 Å². The summed E-state index contributed by atoms with van der Waals surface area (Å²) in [4.78, 5) is 11.1. The molecule has 1 saturated carbocycles. The van der Waals surface area contributed by atoms with E-state index in [0.29, 0.717) is 17.1 Å². The van der Waals surface area contributed by atoms with E-state index in [9.17, 15) is 4.79 Å². The molecule has 18 heavy (non-hydrogen) atoms. The largest absolute Gasteiger partial charge is 0.493 e. The van der Waals surface area contributed by atoms with E-state index in [1.165, 1.54) is 20.3 Å². The number of carboxylic acid groups (broad SMARTS) is 1. The number of aromatic carboxylic acids is 1. The molecule has 1 fully saturated rings. The normalized spacial score (nSPS) is 16.8. The highest BCUT2D eigenvalue weighted by Gasteiger charge is 2.38. The lowest BCUT2D eigenvalue weighted by Crippen LogP contribution is -2.43. The van der Waals surface area contributed by atoms with Crippen molar-refractivity contribution >= 4 is 5.97 Å². The predicted molar refractivity (Wildman–Crippen MR) is 66.2 cm³/mol. The average Bonchev–Trinajstić information content (AvgIpc) is 2.33. The second-order valence-corrected chi connectivity index (χ2v) is 4.57. The molecule has 0 saturated heterocycles. The first-order valence-electron chi connectivity index (χ1n) is 5.80. The molecule has 0 atom stereocenters. The fraction of sp³-hybridized carbons (Fsp3) is 0.462. The number of carbonyl (C=O) groups is 1. The molecule has 0 aromatic heterocycles. The van der Waals surface area contributed by atoms with Gasteiger partial charge >= 0.3 is 5.97 Å². The smallest absolute Gasteiger partial charge is 0.335 e. The molecule has 0 aliphatic heterocycles. The van der Waals surface area contributed by atoms with Gasteiger partial charge in [0.15, 0.2) is 11.5 Å². The van der Waals surface area contributed by atoms with Crippen molar-refractivity contribution < 1.29 is 19.4 Å². The molecular formula is C13H17NO4. The van der Waals surface area contributed by atoms with Crippen LogP contribution in [0.4, 0.5) is 0 Å². The first-order chi connectivity index (χ1) is 8.51. The maximum atomic E-state index is 11.1. The fourth-order valence-electron chi connectivity index (χ4n) is 2.28. The van der Waals surface area contributed by atoms with Gasteiger partial charge in [-0.25, -0.2) is 4.79 Å². The van der Waals surface area contributed by atoms with Crippen molar-refractivity contribution in [2.75, 3.05) is 14.2 Å². The van der Waals surface area contributed by atoms with Crippen LogP contribution in [0.25, 0.3) is 0 Å². The zero-order valence-electron chi connectivity index (χ0n) is 10.5. The molecule has 0 radical (unpaired) electrons.